The summed E-state index contributed by atoms with van der Waals surface area (Å²) in [6.45, 7) is 1.60. The number of nitro groups is 1. The van der Waals surface area contributed by atoms with Gasteiger partial charge in [-0.15, -0.1) is 11.3 Å². The lowest BCUT2D eigenvalue weighted by Crippen LogP contribution is -2.33. The number of nitrogens with zero attached hydrogens (tertiary/aromatic N) is 2. The van der Waals surface area contributed by atoms with Gasteiger partial charge < -0.3 is 14.5 Å². The number of furan rings is 1. The van der Waals surface area contributed by atoms with Crippen LogP contribution in [0.25, 0.3) is 11.3 Å². The van der Waals surface area contributed by atoms with Crippen LogP contribution in [0.4, 0.5) is 10.7 Å². The number of nitriles is 1. The number of thiocarbonyl (C=S) groups is 1. The number of para-hydroxylation sites is 1. The molecule has 1 amide bonds. The van der Waals surface area contributed by atoms with Crippen LogP contribution in [-0.4, -0.2) is 29.0 Å². The normalized spacial score (nSPS) is 10.2. The van der Waals surface area contributed by atoms with Crippen LogP contribution in [0.3, 0.4) is 0 Å². The van der Waals surface area contributed by atoms with E-state index in [2.05, 4.69) is 10.6 Å². The van der Waals surface area contributed by atoms with Crippen molar-refractivity contribution in [2.24, 2.45) is 0 Å². The molecule has 10 nitrogen and oxygen atoms in total. The second-order valence-electron chi connectivity index (χ2n) is 6.21. The number of esters is 1. The maximum absolute atomic E-state index is 12.5. The molecule has 3 aromatic rings. The van der Waals surface area contributed by atoms with E-state index in [9.17, 15) is 25.0 Å². The molecule has 0 saturated carbocycles. The number of anilines is 1. The van der Waals surface area contributed by atoms with Crippen molar-refractivity contribution in [2.45, 2.75) is 6.92 Å². The van der Waals surface area contributed by atoms with Crippen LogP contribution >= 0.6 is 23.6 Å². The highest BCUT2D eigenvalue weighted by Crippen LogP contribution is 2.33. The van der Waals surface area contributed by atoms with E-state index >= 15 is 0 Å². The van der Waals surface area contributed by atoms with E-state index in [0.29, 0.717) is 5.56 Å². The zero-order valence-electron chi connectivity index (χ0n) is 16.6. The minimum Gasteiger partial charge on any atom is -0.465 e. The number of amides is 1. The van der Waals surface area contributed by atoms with Gasteiger partial charge in [0.2, 0.25) is 0 Å². The Kier molecular flexibility index (Phi) is 6.62. The van der Waals surface area contributed by atoms with Crippen LogP contribution in [0, 0.1) is 28.4 Å². The number of hydrogen-bond donors (Lipinski definition) is 2. The fraction of sp³-hybridized carbons (Fsp3) is 0.100. The molecule has 0 radical (unpaired) electrons. The molecule has 0 spiro atoms. The van der Waals surface area contributed by atoms with Gasteiger partial charge in [0.15, 0.2) is 10.9 Å². The fourth-order valence-corrected chi connectivity index (χ4v) is 4.11. The van der Waals surface area contributed by atoms with E-state index in [1.54, 1.807) is 13.0 Å². The molecule has 0 aliphatic rings. The van der Waals surface area contributed by atoms with Gasteiger partial charge in [-0.05, 0) is 42.9 Å². The average molecular weight is 470 g/mol. The fourth-order valence-electron chi connectivity index (χ4n) is 2.77. The Morgan fingerprint density at radius 1 is 1.28 bits per heavy atom. The predicted molar refractivity (Wildman–Crippen MR) is 120 cm³/mol. The Bertz CT molecular complexity index is 1290. The van der Waals surface area contributed by atoms with E-state index in [-0.39, 0.29) is 43.3 Å². The number of benzene rings is 1. The Morgan fingerprint density at radius 2 is 2.00 bits per heavy atom. The molecule has 162 valence electrons. The second-order valence-corrected chi connectivity index (χ2v) is 7.64. The van der Waals surface area contributed by atoms with Crippen molar-refractivity contribution < 1.29 is 23.7 Å². The molecule has 0 saturated heterocycles. The third-order valence-corrected chi connectivity index (χ3v) is 5.67. The van der Waals surface area contributed by atoms with E-state index in [1.807, 2.05) is 6.07 Å². The van der Waals surface area contributed by atoms with Gasteiger partial charge in [0.25, 0.3) is 11.6 Å². The first-order valence-corrected chi connectivity index (χ1v) is 10.1. The molecule has 12 heteroatoms. The summed E-state index contributed by atoms with van der Waals surface area (Å²) in [7, 11) is 1.23. The number of carbonyl (C=O) groups excluding carboxylic acids is 2. The highest BCUT2D eigenvalue weighted by molar-refractivity contribution is 7.80. The summed E-state index contributed by atoms with van der Waals surface area (Å²) in [5.74, 6) is -1.28. The van der Waals surface area contributed by atoms with E-state index in [0.717, 1.165) is 11.3 Å². The molecule has 0 fully saturated rings. The van der Waals surface area contributed by atoms with Gasteiger partial charge in [-0.25, -0.2) is 4.79 Å². The first-order chi connectivity index (χ1) is 15.3. The number of thiophene rings is 1. The highest BCUT2D eigenvalue weighted by atomic mass is 32.1. The molecular formula is C20H14N4O6S2. The number of ether oxygens (including phenoxy) is 1. The smallest absolute Gasteiger partial charge is 0.348 e. The third-order valence-electron chi connectivity index (χ3n) is 4.28. The molecule has 0 bridgehead atoms. The molecule has 2 heterocycles. The lowest BCUT2D eigenvalue weighted by Gasteiger charge is -2.07. The van der Waals surface area contributed by atoms with Crippen molar-refractivity contribution in [1.82, 2.24) is 5.32 Å². The van der Waals surface area contributed by atoms with Gasteiger partial charge in [0.1, 0.15) is 21.7 Å². The van der Waals surface area contributed by atoms with Crippen LogP contribution in [-0.2, 0) is 4.74 Å². The average Bonchev–Trinajstić information content (AvgIpc) is 3.38. The summed E-state index contributed by atoms with van der Waals surface area (Å²) < 4.78 is 10.2. The van der Waals surface area contributed by atoms with E-state index in [4.69, 9.17) is 21.4 Å². The maximum Gasteiger partial charge on any atom is 0.348 e. The minimum atomic E-state index is -0.702. The molecule has 2 aromatic heterocycles. The Balaban J connectivity index is 1.76. The number of carbonyl (C=O) groups is 2. The van der Waals surface area contributed by atoms with Crippen LogP contribution in [0.15, 0.2) is 40.8 Å². The Hall–Kier alpha value is -4.08. The van der Waals surface area contributed by atoms with Crippen LogP contribution in [0.2, 0.25) is 0 Å². The van der Waals surface area contributed by atoms with Gasteiger partial charge in [-0.3, -0.25) is 20.2 Å². The van der Waals surface area contributed by atoms with Crippen molar-refractivity contribution in [3.63, 3.8) is 0 Å². The Labute approximate surface area is 190 Å². The molecule has 0 unspecified atom stereocenters. The summed E-state index contributed by atoms with van der Waals surface area (Å²) >= 11 is 6.09. The summed E-state index contributed by atoms with van der Waals surface area (Å²) in [5, 5.41) is 25.9. The van der Waals surface area contributed by atoms with Crippen molar-refractivity contribution in [3.8, 4) is 17.4 Å². The third kappa shape index (κ3) is 4.48. The van der Waals surface area contributed by atoms with Gasteiger partial charge in [0, 0.05) is 6.07 Å². The summed E-state index contributed by atoms with van der Waals surface area (Å²) in [4.78, 5) is 35.2. The monoisotopic (exact) mass is 470 g/mol. The first kappa shape index (κ1) is 22.6. The topological polar surface area (TPSA) is 148 Å². The maximum atomic E-state index is 12.5. The highest BCUT2D eigenvalue weighted by Gasteiger charge is 2.23. The summed E-state index contributed by atoms with van der Waals surface area (Å²) in [6, 6.07) is 10.7. The first-order valence-electron chi connectivity index (χ1n) is 8.84. The van der Waals surface area contributed by atoms with E-state index in [1.165, 1.54) is 37.4 Å². The van der Waals surface area contributed by atoms with Crippen molar-refractivity contribution in [1.29, 1.82) is 5.26 Å². The second kappa shape index (κ2) is 9.38. The molecule has 3 rings (SSSR count). The largest absolute Gasteiger partial charge is 0.465 e. The van der Waals surface area contributed by atoms with Gasteiger partial charge in [0.05, 0.1) is 23.2 Å². The van der Waals surface area contributed by atoms with Crippen LogP contribution in [0.1, 0.15) is 31.4 Å². The molecule has 1 aromatic carbocycles. The predicted octanol–water partition coefficient (Wildman–Crippen LogP) is 4.01. The van der Waals surface area contributed by atoms with Crippen molar-refractivity contribution >= 4 is 51.2 Å². The van der Waals surface area contributed by atoms with Gasteiger partial charge >= 0.3 is 5.97 Å². The van der Waals surface area contributed by atoms with E-state index < -0.39 is 16.8 Å². The number of nitrogens with one attached hydrogen (secondary N) is 2. The zero-order valence-corrected chi connectivity index (χ0v) is 18.3. The van der Waals surface area contributed by atoms with Crippen molar-refractivity contribution in [3.05, 3.63) is 68.3 Å². The molecule has 0 aliphatic heterocycles. The summed E-state index contributed by atoms with van der Waals surface area (Å²) in [5.41, 5.74) is 0.689. The number of hydrogen-bond acceptors (Lipinski definition) is 9. The quantitative estimate of drug-likeness (QED) is 0.244. The Morgan fingerprint density at radius 3 is 2.66 bits per heavy atom. The molecule has 32 heavy (non-hydrogen) atoms. The van der Waals surface area contributed by atoms with Gasteiger partial charge in [-0.1, -0.05) is 12.1 Å². The molecule has 0 atom stereocenters. The molecule has 2 N–H and O–H groups in total. The lowest BCUT2D eigenvalue weighted by atomic mass is 10.1. The standard InChI is InChI=1S/C20H14N4O6S2/c1-10-12(9-21)18(32-16(10)19(26)29-2)23-20(31)22-17(25)15-8-7-14(30-15)11-5-3-4-6-13(11)24(27)28/h3-8H,1-2H3,(H2,22,23,25,31). The minimum absolute atomic E-state index is 0.125. The van der Waals surface area contributed by atoms with Gasteiger partial charge in [-0.2, -0.15) is 5.26 Å². The van der Waals surface area contributed by atoms with Crippen LogP contribution < -0.4 is 10.6 Å². The molecular weight excluding hydrogens is 456 g/mol. The molecule has 0 aliphatic carbocycles. The van der Waals surface area contributed by atoms with Crippen LogP contribution in [0.5, 0.6) is 0 Å². The lowest BCUT2D eigenvalue weighted by molar-refractivity contribution is -0.384. The number of nitro benzene ring substituents is 1. The van der Waals surface area contributed by atoms with Crippen molar-refractivity contribution in [2.75, 3.05) is 12.4 Å². The SMILES string of the molecule is COC(=O)c1sc(NC(=S)NC(=O)c2ccc(-c3ccccc3[N+](=O)[O-])o2)c(C#N)c1C. The number of rotatable bonds is 5. The zero-order chi connectivity index (χ0) is 23.4. The number of methoxy groups -OCH3 is 1. The summed E-state index contributed by atoms with van der Waals surface area (Å²) in [6.07, 6.45) is 0.